The topological polar surface area (TPSA) is 92.1 Å². The van der Waals surface area contributed by atoms with Crippen LogP contribution in [0.3, 0.4) is 0 Å². The van der Waals surface area contributed by atoms with Crippen LogP contribution in [-0.2, 0) is 11.7 Å². The number of carbonyl (C=O) groups excluding carboxylic acids is 2. The first kappa shape index (κ1) is 42.1. The lowest BCUT2D eigenvalue weighted by Crippen LogP contribution is -2.50. The second-order valence-corrected chi connectivity index (χ2v) is 14.0. The van der Waals surface area contributed by atoms with Crippen LogP contribution in [0.1, 0.15) is 38.5 Å². The number of hydrogen-bond donors (Lipinski definition) is 2. The van der Waals surface area contributed by atoms with Crippen molar-refractivity contribution in [1.29, 1.82) is 0 Å². The monoisotopic (exact) mass is 868 g/mol. The minimum absolute atomic E-state index is 0.00358. The molecule has 8 rings (SSSR count). The number of amides is 2. The number of thiophene rings is 1. The molecule has 2 aromatic heterocycles. The van der Waals surface area contributed by atoms with E-state index in [1.54, 1.807) is 29.0 Å². The molecule has 61 heavy (non-hydrogen) atoms. The Labute approximate surface area is 342 Å². The van der Waals surface area contributed by atoms with Gasteiger partial charge in [0.25, 0.3) is 11.8 Å². The van der Waals surface area contributed by atoms with Gasteiger partial charge in [0.2, 0.25) is 5.82 Å². The standard InChI is InChI=1S/C22H15F5N2O.C20H11F5N4OS/c23-18-6-3-5-17(19(18)24)20(30)28-15-9-7-14(8-10-15)21(22(25,26)27)12-11-16-4-1-2-13-29(16)21;21-15-3-1-2-14(16(15)22)18(30)26-12-4-6-13(7-5-12)29-17(11-8-9-31-10-11)27-28-19(29)20(23,24)25/h1-11,13H,12H2,(H,28,30);1-10H,(H,26,30). The molecule has 1 unspecified atom stereocenters. The van der Waals surface area contributed by atoms with Gasteiger partial charge in [-0.3, -0.25) is 14.2 Å². The van der Waals surface area contributed by atoms with Crippen LogP contribution < -0.4 is 10.6 Å². The summed E-state index contributed by atoms with van der Waals surface area (Å²) in [4.78, 5) is 25.6. The van der Waals surface area contributed by atoms with Crippen LogP contribution in [0.15, 0.2) is 138 Å². The van der Waals surface area contributed by atoms with Crippen molar-refractivity contribution in [1.82, 2.24) is 19.7 Å². The third-order valence-electron chi connectivity index (χ3n) is 9.47. The molecule has 2 amide bonds. The lowest BCUT2D eigenvalue weighted by molar-refractivity contribution is -0.219. The van der Waals surface area contributed by atoms with E-state index in [9.17, 15) is 53.5 Å². The quantitative estimate of drug-likeness (QED) is 0.156. The van der Waals surface area contributed by atoms with E-state index >= 15 is 0 Å². The number of allylic oxidation sites excluding steroid dienone is 3. The molecule has 0 radical (unpaired) electrons. The Morgan fingerprint density at radius 2 is 1.28 bits per heavy atom. The van der Waals surface area contributed by atoms with E-state index in [0.717, 1.165) is 28.8 Å². The maximum absolute atomic E-state index is 14.2. The summed E-state index contributed by atoms with van der Waals surface area (Å²) in [6.45, 7) is 0. The van der Waals surface area contributed by atoms with Crippen LogP contribution in [-0.4, -0.2) is 37.7 Å². The Balaban J connectivity index is 0.000000184. The molecule has 4 aromatic carbocycles. The normalized spacial score (nSPS) is 15.8. The summed E-state index contributed by atoms with van der Waals surface area (Å²) in [6, 6.07) is 18.5. The Kier molecular flexibility index (Phi) is 11.4. The van der Waals surface area contributed by atoms with Gasteiger partial charge in [0, 0.05) is 46.3 Å². The minimum atomic E-state index is -4.75. The molecule has 1 atom stereocenters. The van der Waals surface area contributed by atoms with Crippen molar-refractivity contribution in [2.24, 2.45) is 0 Å². The largest absolute Gasteiger partial charge is 0.452 e. The van der Waals surface area contributed by atoms with Crippen LogP contribution in [0.4, 0.5) is 55.3 Å². The zero-order valence-electron chi connectivity index (χ0n) is 30.7. The number of nitrogens with one attached hydrogen (secondary N) is 2. The smallest absolute Gasteiger partial charge is 0.329 e. The fourth-order valence-electron chi connectivity index (χ4n) is 6.56. The number of anilines is 2. The third-order valence-corrected chi connectivity index (χ3v) is 10.2. The minimum Gasteiger partial charge on any atom is -0.329 e. The molecule has 4 heterocycles. The highest BCUT2D eigenvalue weighted by atomic mass is 32.1. The van der Waals surface area contributed by atoms with Crippen molar-refractivity contribution < 1.29 is 53.5 Å². The molecule has 2 N–H and O–H groups in total. The molecule has 312 valence electrons. The first-order valence-electron chi connectivity index (χ1n) is 17.7. The lowest BCUT2D eigenvalue weighted by Gasteiger charge is -2.41. The van der Waals surface area contributed by atoms with E-state index in [4.69, 9.17) is 0 Å². The van der Waals surface area contributed by atoms with Crippen molar-refractivity contribution in [2.45, 2.75) is 24.3 Å². The summed E-state index contributed by atoms with van der Waals surface area (Å²) < 4.78 is 138. The molecule has 2 aliphatic heterocycles. The van der Waals surface area contributed by atoms with Gasteiger partial charge in [-0.05, 0) is 89.8 Å². The molecular formula is C42H26F10N6O2S. The number of aromatic nitrogens is 3. The van der Waals surface area contributed by atoms with Crippen LogP contribution in [0, 0.1) is 23.3 Å². The summed E-state index contributed by atoms with van der Waals surface area (Å²) in [6.07, 6.45) is -1.87. The fourth-order valence-corrected chi connectivity index (χ4v) is 7.20. The van der Waals surface area contributed by atoms with E-state index in [2.05, 4.69) is 20.8 Å². The van der Waals surface area contributed by atoms with Crippen LogP contribution in [0.25, 0.3) is 17.1 Å². The first-order valence-corrected chi connectivity index (χ1v) is 18.6. The summed E-state index contributed by atoms with van der Waals surface area (Å²) in [5.74, 6) is -7.93. The van der Waals surface area contributed by atoms with Crippen LogP contribution >= 0.6 is 11.3 Å². The van der Waals surface area contributed by atoms with Crippen molar-refractivity contribution in [2.75, 3.05) is 10.6 Å². The maximum atomic E-state index is 14.2. The van der Waals surface area contributed by atoms with Gasteiger partial charge < -0.3 is 15.5 Å². The number of rotatable bonds is 7. The first-order chi connectivity index (χ1) is 29.0. The number of benzene rings is 4. The van der Waals surface area contributed by atoms with Gasteiger partial charge in [-0.25, -0.2) is 17.6 Å². The van der Waals surface area contributed by atoms with Gasteiger partial charge in [-0.2, -0.15) is 37.7 Å². The predicted molar refractivity (Wildman–Crippen MR) is 205 cm³/mol. The molecule has 0 saturated heterocycles. The van der Waals surface area contributed by atoms with Crippen molar-refractivity contribution in [3.8, 4) is 17.1 Å². The number of nitrogens with zero attached hydrogens (tertiary/aromatic N) is 4. The SMILES string of the molecule is O=C(Nc1ccc(-n2c(-c3ccsc3)nnc2C(F)(F)F)cc1)c1cccc(F)c1F.O=C(Nc1ccc(C2(C(F)(F)F)CC=C3C=CC=CN32)cc1)c1cccc(F)c1F. The van der Waals surface area contributed by atoms with E-state index in [1.807, 2.05) is 0 Å². The van der Waals surface area contributed by atoms with Gasteiger partial charge in [0.05, 0.1) is 11.1 Å². The van der Waals surface area contributed by atoms with Crippen molar-refractivity contribution in [3.63, 3.8) is 0 Å². The molecule has 0 aliphatic carbocycles. The molecule has 0 fully saturated rings. The number of carbonyl (C=O) groups is 2. The molecule has 19 heteroatoms. The maximum Gasteiger partial charge on any atom is 0.452 e. The average molecular weight is 869 g/mol. The van der Waals surface area contributed by atoms with E-state index in [-0.39, 0.29) is 34.9 Å². The second-order valence-electron chi connectivity index (χ2n) is 13.2. The highest BCUT2D eigenvalue weighted by Gasteiger charge is 2.61. The molecule has 0 spiro atoms. The number of hydrogen-bond acceptors (Lipinski definition) is 6. The predicted octanol–water partition coefficient (Wildman–Crippen LogP) is 11.2. The highest BCUT2D eigenvalue weighted by molar-refractivity contribution is 7.08. The Morgan fingerprint density at radius 3 is 1.80 bits per heavy atom. The number of fused-ring (bicyclic) bond motifs is 1. The van der Waals surface area contributed by atoms with Crippen LogP contribution in [0.5, 0.6) is 0 Å². The number of halogens is 10. The zero-order valence-corrected chi connectivity index (χ0v) is 31.5. The van der Waals surface area contributed by atoms with Crippen molar-refractivity contribution >= 4 is 34.5 Å². The Bertz CT molecular complexity index is 2690. The van der Waals surface area contributed by atoms with Gasteiger partial charge in [-0.15, -0.1) is 10.2 Å². The van der Waals surface area contributed by atoms with E-state index in [0.29, 0.717) is 11.3 Å². The Hall–Kier alpha value is -7.02. The van der Waals surface area contributed by atoms with Crippen molar-refractivity contribution in [3.05, 3.63) is 184 Å². The van der Waals surface area contributed by atoms with Gasteiger partial charge >= 0.3 is 12.4 Å². The molecule has 6 aromatic rings. The highest BCUT2D eigenvalue weighted by Crippen LogP contribution is 2.53. The molecule has 8 nitrogen and oxygen atoms in total. The lowest BCUT2D eigenvalue weighted by atomic mass is 9.86. The average Bonchev–Trinajstić information content (AvgIpc) is 4.00. The molecule has 0 bridgehead atoms. The molecule has 0 saturated carbocycles. The molecular weight excluding hydrogens is 843 g/mol. The summed E-state index contributed by atoms with van der Waals surface area (Å²) >= 11 is 1.30. The van der Waals surface area contributed by atoms with Crippen LogP contribution in [0.2, 0.25) is 0 Å². The second kappa shape index (κ2) is 16.6. The zero-order chi connectivity index (χ0) is 43.7. The summed E-state index contributed by atoms with van der Waals surface area (Å²) in [5.41, 5.74) is -1.91. The summed E-state index contributed by atoms with van der Waals surface area (Å²) in [5, 5.41) is 15.1. The fraction of sp³-hybridized carbons (Fsp3) is 0.0952. The van der Waals surface area contributed by atoms with E-state index < -0.39 is 69.9 Å². The summed E-state index contributed by atoms with van der Waals surface area (Å²) in [7, 11) is 0. The van der Waals surface area contributed by atoms with E-state index in [1.165, 1.54) is 95.3 Å². The third kappa shape index (κ3) is 8.28. The Morgan fingerprint density at radius 1 is 0.705 bits per heavy atom. The van der Waals surface area contributed by atoms with Gasteiger partial charge in [-0.1, -0.05) is 36.4 Å². The number of alkyl halides is 6. The molecule has 2 aliphatic rings. The van der Waals surface area contributed by atoms with Gasteiger partial charge in [0.15, 0.2) is 34.6 Å². The van der Waals surface area contributed by atoms with Gasteiger partial charge in [0.1, 0.15) is 0 Å².